The Morgan fingerprint density at radius 1 is 0.697 bits per heavy atom. The van der Waals surface area contributed by atoms with Gasteiger partial charge in [0, 0.05) is 44.6 Å². The van der Waals surface area contributed by atoms with Gasteiger partial charge in [0.15, 0.2) is 0 Å². The van der Waals surface area contributed by atoms with Gasteiger partial charge in [-0.25, -0.2) is 24.0 Å². The van der Waals surface area contributed by atoms with E-state index >= 15 is 0 Å². The van der Waals surface area contributed by atoms with Gasteiger partial charge in [-0.05, 0) is 100 Å². The second-order valence-corrected chi connectivity index (χ2v) is 20.4. The number of ether oxygens (including phenoxy) is 6. The highest BCUT2D eigenvalue weighted by Crippen LogP contribution is 2.46. The standard InChI is InChI=1S/C26H41N3O8.C13H20N2O4.C13H23NO5.ClH/c1-7-12-35-13-10-11-19(27-24(34)37-25(4,5)6)22(32)29-16-18(30)14-20(29)21(31)28-26(15-17(26)8-2)23(33)36-9-3;1-3-8-6-13(8,12(18)19-4-2)15-11(17)10-5-9(16)7-14-10;1-5-8-18-9-6-7-10(11(15)16)14-12(17)19-13(2,3)4;/h7-8,17-20,30H,1-2,9-16H2,3-6H3,(H,27,34)(H,28,31);3,8-10,14,16H,1,4-7H2,2H3,(H,15,17);5,10H,1,6-9H2,2-4H3,(H,14,17)(H,15,16);1H/t17-,18-,19+,20+,26-;8-,9-,10+,13-;10-;/m110./s1. The number of carbonyl (C=O) groups is 8. The van der Waals surface area contributed by atoms with Crippen LogP contribution in [0.5, 0.6) is 0 Å². The summed E-state index contributed by atoms with van der Waals surface area (Å²) in [5.41, 5.74) is -3.61. The van der Waals surface area contributed by atoms with Gasteiger partial charge in [0.2, 0.25) is 17.7 Å². The summed E-state index contributed by atoms with van der Waals surface area (Å²) in [5.74, 6) is -3.81. The third-order valence-electron chi connectivity index (χ3n) is 11.9. The fourth-order valence-electron chi connectivity index (χ4n) is 8.08. The highest BCUT2D eigenvalue weighted by molar-refractivity contribution is 5.97. The quantitative estimate of drug-likeness (QED) is 0.0267. The van der Waals surface area contributed by atoms with Crippen LogP contribution in [-0.4, -0.2) is 179 Å². The van der Waals surface area contributed by atoms with E-state index in [4.69, 9.17) is 33.5 Å². The number of halogens is 1. The lowest BCUT2D eigenvalue weighted by Gasteiger charge is -2.30. The molecule has 76 heavy (non-hydrogen) atoms. The van der Waals surface area contributed by atoms with Crippen LogP contribution < -0.4 is 26.6 Å². The molecule has 2 saturated carbocycles. The Labute approximate surface area is 453 Å². The summed E-state index contributed by atoms with van der Waals surface area (Å²) in [6.07, 6.45) is 6.23. The second kappa shape index (κ2) is 32.2. The molecule has 5 amide bonds. The first kappa shape index (κ1) is 68.4. The van der Waals surface area contributed by atoms with Crippen LogP contribution in [0.1, 0.15) is 107 Å². The molecule has 0 unspecified atom stereocenters. The van der Waals surface area contributed by atoms with Gasteiger partial charge in [-0.15, -0.1) is 38.7 Å². The number of nitrogens with one attached hydrogen (secondary N) is 5. The Bertz CT molecular complexity index is 2000. The van der Waals surface area contributed by atoms with Crippen molar-refractivity contribution < 1.29 is 82.1 Å². The van der Waals surface area contributed by atoms with Crippen LogP contribution >= 0.6 is 12.4 Å². The normalized spacial score (nSPS) is 24.7. The molecule has 0 aromatic carbocycles. The summed E-state index contributed by atoms with van der Waals surface area (Å²) in [6.45, 7) is 30.4. The number of aliphatic hydroxyl groups is 2. The van der Waals surface area contributed by atoms with E-state index in [1.165, 1.54) is 4.90 Å². The topological polar surface area (TPSA) is 316 Å². The number of alkyl carbamates (subject to hydrolysis) is 2. The van der Waals surface area contributed by atoms with Crippen molar-refractivity contribution in [3.63, 3.8) is 0 Å². The maximum atomic E-state index is 13.6. The first-order valence-electron chi connectivity index (χ1n) is 25.4. The SMILES string of the molecule is C=CCOCCC[C@H](NC(=O)OC(C)(C)C)C(=O)N1C[C@H](O)C[C@H]1C(=O)N[C@]1(C(=O)OCC)C[C@H]1C=C.C=CCOCCC[C@H](NC(=O)OC(C)(C)C)C(=O)O.C=C[C@@H]1C[C@]1(NC(=O)[C@@H]1C[C@@H](O)CN1)C(=O)OCC.Cl. The molecule has 4 aliphatic rings. The summed E-state index contributed by atoms with van der Waals surface area (Å²) in [5, 5.41) is 42.1. The number of esters is 2. The van der Waals surface area contributed by atoms with E-state index < -0.39 is 101 Å². The second-order valence-electron chi connectivity index (χ2n) is 20.4. The number of carboxylic acids is 1. The van der Waals surface area contributed by atoms with Crippen molar-refractivity contribution in [1.29, 1.82) is 0 Å². The number of aliphatic carboxylic acids is 1. The number of carboxylic acid groups (broad SMARTS) is 1. The zero-order chi connectivity index (χ0) is 56.7. The summed E-state index contributed by atoms with van der Waals surface area (Å²) < 4.78 is 31.0. The molecule has 10 atom stereocenters. The summed E-state index contributed by atoms with van der Waals surface area (Å²) in [6, 6.07) is -3.46. The number of aliphatic hydroxyl groups excluding tert-OH is 2. The van der Waals surface area contributed by atoms with E-state index in [9.17, 15) is 48.6 Å². The van der Waals surface area contributed by atoms with Crippen LogP contribution in [-0.2, 0) is 57.2 Å². The van der Waals surface area contributed by atoms with E-state index in [1.807, 2.05) is 0 Å². The number of carbonyl (C=O) groups excluding carboxylic acids is 7. The summed E-state index contributed by atoms with van der Waals surface area (Å²) in [7, 11) is 0. The number of hydrogen-bond donors (Lipinski definition) is 8. The molecular formula is C52H85ClN6O17. The van der Waals surface area contributed by atoms with Gasteiger partial charge in [0.05, 0.1) is 44.7 Å². The molecule has 0 aromatic rings. The van der Waals surface area contributed by atoms with Gasteiger partial charge < -0.3 is 75.2 Å². The fraction of sp³-hybridized carbons (Fsp3) is 0.692. The predicted octanol–water partition coefficient (Wildman–Crippen LogP) is 3.15. The minimum atomic E-state index is -1.23. The smallest absolute Gasteiger partial charge is 0.408 e. The fourth-order valence-corrected chi connectivity index (χ4v) is 8.08. The molecule has 0 aromatic heterocycles. The van der Waals surface area contributed by atoms with Gasteiger partial charge in [0.1, 0.15) is 40.4 Å². The van der Waals surface area contributed by atoms with Crippen molar-refractivity contribution >= 4 is 60.2 Å². The molecule has 8 N–H and O–H groups in total. The number of nitrogens with zero attached hydrogens (tertiary/aromatic N) is 1. The third kappa shape index (κ3) is 22.6. The molecule has 0 bridgehead atoms. The van der Waals surface area contributed by atoms with Crippen LogP contribution in [0.2, 0.25) is 0 Å². The number of rotatable bonds is 26. The third-order valence-corrected chi connectivity index (χ3v) is 11.9. The van der Waals surface area contributed by atoms with Gasteiger partial charge in [-0.1, -0.05) is 24.3 Å². The Morgan fingerprint density at radius 3 is 1.53 bits per heavy atom. The number of amides is 5. The average Bonchev–Trinajstić information content (AvgIpc) is 4.11. The Morgan fingerprint density at radius 2 is 1.14 bits per heavy atom. The highest BCUT2D eigenvalue weighted by atomic mass is 35.5. The molecular weight excluding hydrogens is 1020 g/mol. The van der Waals surface area contributed by atoms with Crippen LogP contribution in [0.4, 0.5) is 9.59 Å². The molecule has 23 nitrogen and oxygen atoms in total. The van der Waals surface area contributed by atoms with Crippen molar-refractivity contribution in [2.75, 3.05) is 52.7 Å². The highest BCUT2D eigenvalue weighted by Gasteiger charge is 2.63. The van der Waals surface area contributed by atoms with Crippen molar-refractivity contribution in [2.45, 2.75) is 165 Å². The Balaban J connectivity index is 0.000000624. The number of hydrogen-bond acceptors (Lipinski definition) is 17. The zero-order valence-electron chi connectivity index (χ0n) is 45.5. The molecule has 432 valence electrons. The van der Waals surface area contributed by atoms with E-state index in [2.05, 4.69) is 52.9 Å². The van der Waals surface area contributed by atoms with Gasteiger partial charge in [-0.3, -0.25) is 14.4 Å². The minimum absolute atomic E-state index is 0. The lowest BCUT2D eigenvalue weighted by atomic mass is 10.1. The van der Waals surface area contributed by atoms with Gasteiger partial charge in [-0.2, -0.15) is 0 Å². The summed E-state index contributed by atoms with van der Waals surface area (Å²) >= 11 is 0. The Hall–Kier alpha value is -5.59. The zero-order valence-corrected chi connectivity index (χ0v) is 46.3. The van der Waals surface area contributed by atoms with E-state index in [0.29, 0.717) is 65.1 Å². The molecule has 2 aliphatic heterocycles. The molecule has 24 heteroatoms. The average molecular weight is 1100 g/mol. The minimum Gasteiger partial charge on any atom is -0.480 e. The van der Waals surface area contributed by atoms with Crippen LogP contribution in [0.15, 0.2) is 50.6 Å². The van der Waals surface area contributed by atoms with Gasteiger partial charge >= 0.3 is 30.1 Å². The van der Waals surface area contributed by atoms with E-state index in [0.717, 1.165) is 0 Å². The first-order chi connectivity index (χ1) is 35.2. The lowest BCUT2D eigenvalue weighted by Crippen LogP contribution is -2.56. The van der Waals surface area contributed by atoms with E-state index in [1.54, 1.807) is 79.7 Å². The molecule has 4 rings (SSSR count). The van der Waals surface area contributed by atoms with E-state index in [-0.39, 0.29) is 69.2 Å². The maximum Gasteiger partial charge on any atom is 0.408 e. The summed E-state index contributed by atoms with van der Waals surface area (Å²) in [4.78, 5) is 99.7. The van der Waals surface area contributed by atoms with Crippen molar-refractivity contribution in [3.05, 3.63) is 50.6 Å². The largest absolute Gasteiger partial charge is 0.480 e. The molecule has 4 fully saturated rings. The molecule has 2 aliphatic carbocycles. The van der Waals surface area contributed by atoms with Crippen molar-refractivity contribution in [3.8, 4) is 0 Å². The number of likely N-dealkylation sites (tertiary alicyclic amines) is 1. The Kier molecular flexibility index (Phi) is 29.0. The van der Waals surface area contributed by atoms with Gasteiger partial charge in [0.25, 0.3) is 0 Å². The molecule has 0 radical (unpaired) electrons. The number of β-amino-alcohol motifs (C(OH)–C–C–N with tert-alkyl or cyclic N) is 2. The predicted molar refractivity (Wildman–Crippen MR) is 282 cm³/mol. The van der Waals surface area contributed by atoms with Crippen molar-refractivity contribution in [2.24, 2.45) is 11.8 Å². The monoisotopic (exact) mass is 1100 g/mol. The molecule has 2 heterocycles. The van der Waals surface area contributed by atoms with Crippen LogP contribution in [0.25, 0.3) is 0 Å². The van der Waals surface area contributed by atoms with Crippen molar-refractivity contribution in [1.82, 2.24) is 31.5 Å². The van der Waals surface area contributed by atoms with Crippen LogP contribution in [0.3, 0.4) is 0 Å². The lowest BCUT2D eigenvalue weighted by molar-refractivity contribution is -0.150. The first-order valence-corrected chi connectivity index (χ1v) is 25.4. The molecule has 2 saturated heterocycles. The maximum absolute atomic E-state index is 13.6. The molecule has 0 spiro atoms. The van der Waals surface area contributed by atoms with Crippen LogP contribution in [0, 0.1) is 11.8 Å².